The highest BCUT2D eigenvalue weighted by molar-refractivity contribution is 9.10. The van der Waals surface area contributed by atoms with Crippen LogP contribution in [0.25, 0.3) is 0 Å². The predicted octanol–water partition coefficient (Wildman–Crippen LogP) is 3.19. The molecule has 0 radical (unpaired) electrons. The Bertz CT molecular complexity index is 389. The number of urea groups is 1. The Morgan fingerprint density at radius 2 is 2.12 bits per heavy atom. The van der Waals surface area contributed by atoms with Crippen molar-refractivity contribution >= 4 is 22.0 Å². The summed E-state index contributed by atoms with van der Waals surface area (Å²) in [5, 5.41) is 5.88. The van der Waals surface area contributed by atoms with Crippen molar-refractivity contribution in [2.45, 2.75) is 38.3 Å². The number of halogens is 1. The lowest BCUT2D eigenvalue weighted by molar-refractivity contribution is 0.236. The van der Waals surface area contributed by atoms with Crippen LogP contribution in [0.3, 0.4) is 0 Å². The molecule has 17 heavy (non-hydrogen) atoms. The maximum Gasteiger partial charge on any atom is 0.315 e. The Hall–Kier alpha value is -1.03. The van der Waals surface area contributed by atoms with E-state index in [2.05, 4.69) is 26.6 Å². The number of amides is 2. The van der Waals surface area contributed by atoms with E-state index in [0.717, 1.165) is 22.9 Å². The molecule has 2 rings (SSSR count). The van der Waals surface area contributed by atoms with Crippen molar-refractivity contribution in [3.05, 3.63) is 34.3 Å². The summed E-state index contributed by atoms with van der Waals surface area (Å²) in [7, 11) is 0. The highest BCUT2D eigenvalue weighted by Gasteiger charge is 2.16. The van der Waals surface area contributed by atoms with Gasteiger partial charge in [0.1, 0.15) is 0 Å². The zero-order chi connectivity index (χ0) is 12.1. The van der Waals surface area contributed by atoms with Crippen LogP contribution in [-0.4, -0.2) is 12.1 Å². The minimum absolute atomic E-state index is 0.0584. The summed E-state index contributed by atoms with van der Waals surface area (Å²) in [5.41, 5.74) is 1.10. The summed E-state index contributed by atoms with van der Waals surface area (Å²) in [6, 6.07) is 8.27. The summed E-state index contributed by atoms with van der Waals surface area (Å²) >= 11 is 3.41. The van der Waals surface area contributed by atoms with Crippen LogP contribution in [0.2, 0.25) is 0 Å². The van der Waals surface area contributed by atoms with Gasteiger partial charge in [-0.2, -0.15) is 0 Å². The van der Waals surface area contributed by atoms with Crippen LogP contribution >= 0.6 is 15.9 Å². The number of carbonyl (C=O) groups excluding carboxylic acids is 1. The van der Waals surface area contributed by atoms with Gasteiger partial charge in [-0.25, -0.2) is 4.79 Å². The van der Waals surface area contributed by atoms with Gasteiger partial charge in [-0.15, -0.1) is 0 Å². The molecule has 0 saturated heterocycles. The summed E-state index contributed by atoms with van der Waals surface area (Å²) in [6.07, 6.45) is 4.70. The standard InChI is InChI=1S/C13H17BrN2O/c14-11-5-3-4-10(8-11)9-15-13(17)16-12-6-1-2-7-12/h3-5,8,12H,1-2,6-7,9H2,(H2,15,16,17). The van der Waals surface area contributed by atoms with Crippen molar-refractivity contribution < 1.29 is 4.79 Å². The Morgan fingerprint density at radius 3 is 2.82 bits per heavy atom. The van der Waals surface area contributed by atoms with E-state index in [4.69, 9.17) is 0 Å². The summed E-state index contributed by atoms with van der Waals surface area (Å²) < 4.78 is 1.04. The second-order valence-corrected chi connectivity index (χ2v) is 5.35. The molecule has 92 valence electrons. The first-order valence-corrected chi connectivity index (χ1v) is 6.82. The highest BCUT2D eigenvalue weighted by atomic mass is 79.9. The highest BCUT2D eigenvalue weighted by Crippen LogP contribution is 2.17. The van der Waals surface area contributed by atoms with Crippen LogP contribution < -0.4 is 10.6 Å². The average molecular weight is 297 g/mol. The van der Waals surface area contributed by atoms with E-state index in [0.29, 0.717) is 12.6 Å². The molecule has 0 heterocycles. The van der Waals surface area contributed by atoms with Crippen LogP contribution in [0.4, 0.5) is 4.79 Å². The van der Waals surface area contributed by atoms with Crippen molar-refractivity contribution in [1.82, 2.24) is 10.6 Å². The number of rotatable bonds is 3. The maximum atomic E-state index is 11.6. The average Bonchev–Trinajstić information content (AvgIpc) is 2.79. The molecule has 1 aliphatic carbocycles. The number of benzene rings is 1. The molecule has 1 fully saturated rings. The molecule has 4 heteroatoms. The molecule has 2 amide bonds. The normalized spacial score (nSPS) is 15.8. The zero-order valence-corrected chi connectivity index (χ0v) is 11.3. The van der Waals surface area contributed by atoms with Gasteiger partial charge >= 0.3 is 6.03 Å². The zero-order valence-electron chi connectivity index (χ0n) is 9.71. The van der Waals surface area contributed by atoms with E-state index in [1.165, 1.54) is 12.8 Å². The van der Waals surface area contributed by atoms with E-state index in [1.54, 1.807) is 0 Å². The molecule has 1 aliphatic rings. The molecule has 0 aliphatic heterocycles. The van der Waals surface area contributed by atoms with Gasteiger partial charge < -0.3 is 10.6 Å². The van der Waals surface area contributed by atoms with Crippen molar-refractivity contribution in [2.24, 2.45) is 0 Å². The third-order valence-corrected chi connectivity index (χ3v) is 3.53. The quantitative estimate of drug-likeness (QED) is 0.884. The first kappa shape index (κ1) is 12.4. The van der Waals surface area contributed by atoms with Crippen LogP contribution in [-0.2, 0) is 6.54 Å². The minimum atomic E-state index is -0.0584. The Balaban J connectivity index is 1.75. The van der Waals surface area contributed by atoms with Gasteiger partial charge in [0.2, 0.25) is 0 Å². The molecule has 0 unspecified atom stereocenters. The van der Waals surface area contributed by atoms with Gasteiger partial charge in [-0.3, -0.25) is 0 Å². The van der Waals surface area contributed by atoms with Crippen molar-refractivity contribution in [2.75, 3.05) is 0 Å². The molecule has 1 saturated carbocycles. The lowest BCUT2D eigenvalue weighted by Gasteiger charge is -2.13. The van der Waals surface area contributed by atoms with E-state index < -0.39 is 0 Å². The van der Waals surface area contributed by atoms with E-state index >= 15 is 0 Å². The third kappa shape index (κ3) is 4.04. The summed E-state index contributed by atoms with van der Waals surface area (Å²) in [4.78, 5) is 11.6. The molecule has 1 aromatic rings. The van der Waals surface area contributed by atoms with E-state index in [9.17, 15) is 4.79 Å². The number of carbonyl (C=O) groups is 1. The fourth-order valence-electron chi connectivity index (χ4n) is 2.14. The van der Waals surface area contributed by atoms with Crippen molar-refractivity contribution in [3.63, 3.8) is 0 Å². The Kier molecular flexibility index (Phi) is 4.42. The maximum absolute atomic E-state index is 11.6. The number of nitrogens with one attached hydrogen (secondary N) is 2. The predicted molar refractivity (Wildman–Crippen MR) is 71.8 cm³/mol. The van der Waals surface area contributed by atoms with Crippen molar-refractivity contribution in [3.8, 4) is 0 Å². The number of hydrogen-bond acceptors (Lipinski definition) is 1. The second kappa shape index (κ2) is 6.05. The molecule has 1 aromatic carbocycles. The molecule has 3 nitrogen and oxygen atoms in total. The van der Waals surface area contributed by atoms with Gasteiger partial charge in [-0.1, -0.05) is 40.9 Å². The third-order valence-electron chi connectivity index (χ3n) is 3.03. The topological polar surface area (TPSA) is 41.1 Å². The minimum Gasteiger partial charge on any atom is -0.335 e. The molecule has 0 spiro atoms. The van der Waals surface area contributed by atoms with E-state index in [1.807, 2.05) is 24.3 Å². The second-order valence-electron chi connectivity index (χ2n) is 4.44. The van der Waals surface area contributed by atoms with Crippen LogP contribution in [0.1, 0.15) is 31.2 Å². The van der Waals surface area contributed by atoms with Gasteiger partial charge in [0.25, 0.3) is 0 Å². The fourth-order valence-corrected chi connectivity index (χ4v) is 2.58. The summed E-state index contributed by atoms with van der Waals surface area (Å²) in [6.45, 7) is 0.567. The van der Waals surface area contributed by atoms with Crippen molar-refractivity contribution in [1.29, 1.82) is 0 Å². The number of hydrogen-bond donors (Lipinski definition) is 2. The Labute approximate surface area is 110 Å². The first-order chi connectivity index (χ1) is 8.24. The van der Waals surface area contributed by atoms with Gasteiger partial charge in [0.05, 0.1) is 0 Å². The fraction of sp³-hybridized carbons (Fsp3) is 0.462. The van der Waals surface area contributed by atoms with Crippen LogP contribution in [0.15, 0.2) is 28.7 Å². The molecular formula is C13H17BrN2O. The molecule has 0 bridgehead atoms. The lowest BCUT2D eigenvalue weighted by Crippen LogP contribution is -2.40. The SMILES string of the molecule is O=C(NCc1cccc(Br)c1)NC1CCCC1. The lowest BCUT2D eigenvalue weighted by atomic mass is 10.2. The molecular weight excluding hydrogens is 280 g/mol. The van der Waals surface area contributed by atoms with Crippen LogP contribution in [0.5, 0.6) is 0 Å². The molecule has 0 aromatic heterocycles. The smallest absolute Gasteiger partial charge is 0.315 e. The molecule has 2 N–H and O–H groups in total. The van der Waals surface area contributed by atoms with Gasteiger partial charge in [-0.05, 0) is 30.5 Å². The first-order valence-electron chi connectivity index (χ1n) is 6.03. The van der Waals surface area contributed by atoms with E-state index in [-0.39, 0.29) is 6.03 Å². The largest absolute Gasteiger partial charge is 0.335 e. The van der Waals surface area contributed by atoms with Gasteiger partial charge in [0, 0.05) is 17.1 Å². The van der Waals surface area contributed by atoms with Gasteiger partial charge in [0.15, 0.2) is 0 Å². The monoisotopic (exact) mass is 296 g/mol. The summed E-state index contributed by atoms with van der Waals surface area (Å²) in [5.74, 6) is 0. The Morgan fingerprint density at radius 1 is 1.35 bits per heavy atom. The molecule has 0 atom stereocenters. The van der Waals surface area contributed by atoms with Crippen LogP contribution in [0, 0.1) is 0 Å².